The van der Waals surface area contributed by atoms with Crippen LogP contribution in [0.15, 0.2) is 24.3 Å². The minimum atomic E-state index is -0.0966. The summed E-state index contributed by atoms with van der Waals surface area (Å²) in [5.41, 5.74) is 1.10. The van der Waals surface area contributed by atoms with Crippen molar-refractivity contribution in [2.45, 2.75) is 38.0 Å². The lowest BCUT2D eigenvalue weighted by Crippen LogP contribution is -2.46. The van der Waals surface area contributed by atoms with E-state index in [0.29, 0.717) is 32.2 Å². The Labute approximate surface area is 178 Å². The number of likely N-dealkylation sites (tertiary alicyclic amines) is 2. The number of nitrogens with zero attached hydrogens (tertiary/aromatic N) is 2. The molecule has 0 radical (unpaired) electrons. The van der Waals surface area contributed by atoms with E-state index in [-0.39, 0.29) is 18.2 Å². The highest BCUT2D eigenvalue weighted by molar-refractivity contribution is 6.31. The topological polar surface area (TPSA) is 54.0 Å². The normalized spacial score (nSPS) is 25.3. The molecule has 3 aliphatic heterocycles. The van der Waals surface area contributed by atoms with Crippen LogP contribution in [0.1, 0.15) is 37.3 Å². The van der Waals surface area contributed by atoms with E-state index < -0.39 is 0 Å². The smallest absolute Gasteiger partial charge is 0.234 e. The Morgan fingerprint density at radius 3 is 2.66 bits per heavy atom. The first-order valence-corrected chi connectivity index (χ1v) is 11.3. The first kappa shape index (κ1) is 21.1. The Bertz CT molecular complexity index is 677. The summed E-state index contributed by atoms with van der Waals surface area (Å²) in [7, 11) is 0. The quantitative estimate of drug-likeness (QED) is 0.733. The molecule has 3 fully saturated rings. The van der Waals surface area contributed by atoms with Gasteiger partial charge in [0.05, 0.1) is 25.8 Å². The van der Waals surface area contributed by atoms with Crippen LogP contribution in [0.3, 0.4) is 0 Å². The van der Waals surface area contributed by atoms with E-state index in [1.165, 1.54) is 12.8 Å². The molecule has 6 nitrogen and oxygen atoms in total. The van der Waals surface area contributed by atoms with Crippen molar-refractivity contribution < 1.29 is 14.3 Å². The van der Waals surface area contributed by atoms with Gasteiger partial charge in [-0.3, -0.25) is 14.6 Å². The number of carbonyl (C=O) groups is 1. The summed E-state index contributed by atoms with van der Waals surface area (Å²) in [4.78, 5) is 17.4. The molecule has 160 valence electrons. The number of nitrogens with one attached hydrogen (secondary N) is 1. The lowest BCUT2D eigenvalue weighted by molar-refractivity contribution is -0.125. The second kappa shape index (κ2) is 10.2. The molecule has 0 bridgehead atoms. The predicted octanol–water partition coefficient (Wildman–Crippen LogP) is 2.68. The molecule has 2 atom stereocenters. The van der Waals surface area contributed by atoms with Crippen LogP contribution in [-0.4, -0.2) is 74.5 Å². The number of hydrogen-bond donors (Lipinski definition) is 1. The molecule has 3 aliphatic rings. The molecule has 2 unspecified atom stereocenters. The fraction of sp³-hybridized carbons (Fsp3) is 0.682. The minimum absolute atomic E-state index is 0.0789. The van der Waals surface area contributed by atoms with Crippen molar-refractivity contribution in [2.24, 2.45) is 5.92 Å². The second-order valence-corrected chi connectivity index (χ2v) is 8.74. The average molecular weight is 422 g/mol. The van der Waals surface area contributed by atoms with Gasteiger partial charge in [0, 0.05) is 24.0 Å². The number of carbonyl (C=O) groups excluding carboxylic acids is 1. The fourth-order valence-corrected chi connectivity index (χ4v) is 5.07. The first-order chi connectivity index (χ1) is 14.2. The Balaban J connectivity index is 1.31. The summed E-state index contributed by atoms with van der Waals surface area (Å²) in [6.07, 6.45) is 4.49. The summed E-state index contributed by atoms with van der Waals surface area (Å²) in [6, 6.07) is 8.12. The molecule has 29 heavy (non-hydrogen) atoms. The molecular weight excluding hydrogens is 390 g/mol. The van der Waals surface area contributed by atoms with Gasteiger partial charge in [-0.15, -0.1) is 0 Å². The molecular formula is C22H32ClN3O3. The van der Waals surface area contributed by atoms with Crippen molar-refractivity contribution in [1.82, 2.24) is 15.1 Å². The highest BCUT2D eigenvalue weighted by atomic mass is 35.5. The highest BCUT2D eigenvalue weighted by Gasteiger charge is 2.32. The maximum absolute atomic E-state index is 12.7. The molecule has 0 saturated carbocycles. The Kier molecular flexibility index (Phi) is 7.43. The number of rotatable bonds is 7. The zero-order chi connectivity index (χ0) is 20.1. The number of ether oxygens (including phenoxy) is 2. The van der Waals surface area contributed by atoms with Crippen LogP contribution < -0.4 is 5.32 Å². The third-order valence-corrected chi connectivity index (χ3v) is 6.62. The van der Waals surface area contributed by atoms with Crippen molar-refractivity contribution in [2.75, 3.05) is 52.5 Å². The van der Waals surface area contributed by atoms with Gasteiger partial charge in [-0.25, -0.2) is 0 Å². The first-order valence-electron chi connectivity index (χ1n) is 10.9. The average Bonchev–Trinajstić information content (AvgIpc) is 3.44. The van der Waals surface area contributed by atoms with E-state index >= 15 is 0 Å². The standard InChI is InChI=1S/C22H32ClN3O3/c23-19-8-2-1-7-18(19)20(26-10-3-4-11-26)14-24-21(27)16-25-9-5-6-17(15-25)22-28-12-13-29-22/h1-2,7-8,17,20,22H,3-6,9-16H2,(H,24,27). The van der Waals surface area contributed by atoms with Gasteiger partial charge < -0.3 is 14.8 Å². The van der Waals surface area contributed by atoms with Gasteiger partial charge in [0.1, 0.15) is 0 Å². The molecule has 4 rings (SSSR count). The zero-order valence-electron chi connectivity index (χ0n) is 17.0. The van der Waals surface area contributed by atoms with E-state index in [1.54, 1.807) is 0 Å². The van der Waals surface area contributed by atoms with Crippen LogP contribution in [-0.2, 0) is 14.3 Å². The SMILES string of the molecule is O=C(CN1CCCC(C2OCCO2)C1)NCC(c1ccccc1Cl)N1CCCC1. The molecule has 1 aromatic rings. The zero-order valence-corrected chi connectivity index (χ0v) is 17.8. The molecule has 1 aromatic carbocycles. The van der Waals surface area contributed by atoms with Crippen LogP contribution in [0.2, 0.25) is 5.02 Å². The van der Waals surface area contributed by atoms with E-state index in [4.69, 9.17) is 21.1 Å². The third kappa shape index (κ3) is 5.50. The van der Waals surface area contributed by atoms with Crippen molar-refractivity contribution in [1.29, 1.82) is 0 Å². The molecule has 0 spiro atoms. The van der Waals surface area contributed by atoms with Crippen LogP contribution in [0.25, 0.3) is 0 Å². The maximum Gasteiger partial charge on any atom is 0.234 e. The summed E-state index contributed by atoms with van der Waals surface area (Å²) in [6.45, 7) is 6.31. The highest BCUT2D eigenvalue weighted by Crippen LogP contribution is 2.30. The van der Waals surface area contributed by atoms with Crippen LogP contribution in [0.4, 0.5) is 0 Å². The molecule has 0 aromatic heterocycles. The number of hydrogen-bond acceptors (Lipinski definition) is 5. The van der Waals surface area contributed by atoms with Crippen molar-refractivity contribution in [3.05, 3.63) is 34.9 Å². The summed E-state index contributed by atoms with van der Waals surface area (Å²) < 4.78 is 11.3. The number of piperidine rings is 1. The molecule has 7 heteroatoms. The number of amides is 1. The predicted molar refractivity (Wildman–Crippen MR) is 113 cm³/mol. The van der Waals surface area contributed by atoms with Crippen LogP contribution in [0, 0.1) is 5.92 Å². The lowest BCUT2D eigenvalue weighted by atomic mass is 9.97. The van der Waals surface area contributed by atoms with Crippen molar-refractivity contribution in [3.63, 3.8) is 0 Å². The van der Waals surface area contributed by atoms with Gasteiger partial charge in [-0.2, -0.15) is 0 Å². The van der Waals surface area contributed by atoms with Gasteiger partial charge in [-0.1, -0.05) is 29.8 Å². The molecule has 1 N–H and O–H groups in total. The van der Waals surface area contributed by atoms with Gasteiger partial charge in [0.2, 0.25) is 5.91 Å². The fourth-order valence-electron chi connectivity index (χ4n) is 4.81. The molecule has 3 saturated heterocycles. The van der Waals surface area contributed by atoms with E-state index in [9.17, 15) is 4.79 Å². The molecule has 3 heterocycles. The lowest BCUT2D eigenvalue weighted by Gasteiger charge is -2.34. The summed E-state index contributed by atoms with van der Waals surface area (Å²) in [5, 5.41) is 3.95. The Morgan fingerprint density at radius 2 is 1.90 bits per heavy atom. The Morgan fingerprint density at radius 1 is 1.14 bits per heavy atom. The van der Waals surface area contributed by atoms with Crippen LogP contribution >= 0.6 is 11.6 Å². The number of benzene rings is 1. The summed E-state index contributed by atoms with van der Waals surface area (Å²) in [5.74, 6) is 0.440. The van der Waals surface area contributed by atoms with E-state index in [1.807, 2.05) is 18.2 Å². The van der Waals surface area contributed by atoms with Gasteiger partial charge in [-0.05, 0) is 56.9 Å². The van der Waals surface area contributed by atoms with E-state index in [0.717, 1.165) is 49.6 Å². The summed E-state index contributed by atoms with van der Waals surface area (Å²) >= 11 is 6.48. The van der Waals surface area contributed by atoms with Crippen LogP contribution in [0.5, 0.6) is 0 Å². The van der Waals surface area contributed by atoms with Gasteiger partial charge in [0.25, 0.3) is 0 Å². The Hall–Kier alpha value is -1.18. The van der Waals surface area contributed by atoms with Crippen molar-refractivity contribution in [3.8, 4) is 0 Å². The third-order valence-electron chi connectivity index (χ3n) is 6.28. The van der Waals surface area contributed by atoms with Gasteiger partial charge in [0.15, 0.2) is 6.29 Å². The van der Waals surface area contributed by atoms with Gasteiger partial charge >= 0.3 is 0 Å². The monoisotopic (exact) mass is 421 g/mol. The molecule has 0 aliphatic carbocycles. The van der Waals surface area contributed by atoms with E-state index in [2.05, 4.69) is 21.2 Å². The molecule has 1 amide bonds. The maximum atomic E-state index is 12.7. The second-order valence-electron chi connectivity index (χ2n) is 8.33. The largest absolute Gasteiger partial charge is 0.353 e. The number of halogens is 1. The van der Waals surface area contributed by atoms with Crippen molar-refractivity contribution >= 4 is 17.5 Å². The minimum Gasteiger partial charge on any atom is -0.353 e.